The van der Waals surface area contributed by atoms with E-state index in [4.69, 9.17) is 0 Å². The number of rotatable bonds is 5. The molecule has 2 aromatic carbocycles. The number of likely N-dealkylation sites (tertiary alicyclic amines) is 1. The Kier molecular flexibility index (Phi) is 6.06. The molecule has 4 heteroatoms. The van der Waals surface area contributed by atoms with Crippen molar-refractivity contribution >= 4 is 28.6 Å². The monoisotopic (exact) mass is 392 g/mol. The molecule has 0 saturated carbocycles. The minimum Gasteiger partial charge on any atom is -0.341 e. The number of carbonyl (C=O) groups is 1. The predicted molar refractivity (Wildman–Crippen MR) is 118 cm³/mol. The number of fused-ring (bicyclic) bond motifs is 1. The molecule has 0 atom stereocenters. The number of aromatic nitrogens is 1. The van der Waals surface area contributed by atoms with Gasteiger partial charge in [0.1, 0.15) is 6.54 Å². The fraction of sp³-hybridized carbons (Fsp3) is 0.375. The van der Waals surface area contributed by atoms with Gasteiger partial charge in [0.25, 0.3) is 0 Å². The summed E-state index contributed by atoms with van der Waals surface area (Å²) in [6.07, 6.45) is 6.93. The first-order valence-corrected chi connectivity index (χ1v) is 11.2. The molecule has 1 aromatic heterocycles. The molecule has 1 saturated heterocycles. The lowest BCUT2D eigenvalue weighted by molar-refractivity contribution is -0.131. The Balaban J connectivity index is 1.54. The molecule has 1 aliphatic heterocycles. The number of amides is 1. The average Bonchev–Trinajstić information content (AvgIpc) is 2.88. The molecule has 1 fully saturated rings. The maximum absolute atomic E-state index is 12.9. The first kappa shape index (κ1) is 19.1. The van der Waals surface area contributed by atoms with Gasteiger partial charge in [-0.1, -0.05) is 55.3 Å². The number of thioether (sulfide) groups is 1. The second-order valence-corrected chi connectivity index (χ2v) is 8.67. The van der Waals surface area contributed by atoms with Crippen LogP contribution in [-0.2, 0) is 17.1 Å². The van der Waals surface area contributed by atoms with E-state index in [1.165, 1.54) is 34.3 Å². The molecular formula is C24H28N2OS. The number of nitrogens with zero attached hydrogens (tertiary/aromatic N) is 2. The van der Waals surface area contributed by atoms with E-state index in [1.807, 2.05) is 11.8 Å². The van der Waals surface area contributed by atoms with Gasteiger partial charge in [-0.3, -0.25) is 4.79 Å². The second-order valence-electron chi connectivity index (χ2n) is 7.65. The van der Waals surface area contributed by atoms with Crippen molar-refractivity contribution in [2.45, 2.75) is 49.8 Å². The SMILES string of the molecule is Cc1ccccc1CSc1cn(CC(=O)N2CCCCCC2)c2ccccc12. The maximum Gasteiger partial charge on any atom is 0.242 e. The van der Waals surface area contributed by atoms with Crippen LogP contribution < -0.4 is 0 Å². The minimum atomic E-state index is 0.248. The van der Waals surface area contributed by atoms with Gasteiger partial charge < -0.3 is 9.47 Å². The summed E-state index contributed by atoms with van der Waals surface area (Å²) >= 11 is 1.86. The Morgan fingerprint density at radius 1 is 0.964 bits per heavy atom. The third-order valence-corrected chi connectivity index (χ3v) is 6.75. The predicted octanol–water partition coefficient (Wildman–Crippen LogP) is 5.64. The molecule has 0 spiro atoms. The van der Waals surface area contributed by atoms with Crippen molar-refractivity contribution in [1.82, 2.24) is 9.47 Å². The van der Waals surface area contributed by atoms with Gasteiger partial charge in [-0.15, -0.1) is 11.8 Å². The summed E-state index contributed by atoms with van der Waals surface area (Å²) in [6.45, 7) is 4.42. The van der Waals surface area contributed by atoms with Crippen LogP contribution in [0.1, 0.15) is 36.8 Å². The summed E-state index contributed by atoms with van der Waals surface area (Å²) in [5, 5.41) is 1.24. The molecule has 2 heterocycles. The van der Waals surface area contributed by atoms with E-state index in [9.17, 15) is 4.79 Å². The van der Waals surface area contributed by atoms with E-state index >= 15 is 0 Å². The minimum absolute atomic E-state index is 0.248. The number of benzene rings is 2. The van der Waals surface area contributed by atoms with Crippen molar-refractivity contribution in [3.8, 4) is 0 Å². The van der Waals surface area contributed by atoms with Crippen LogP contribution in [0.3, 0.4) is 0 Å². The highest BCUT2D eigenvalue weighted by atomic mass is 32.2. The van der Waals surface area contributed by atoms with Gasteiger partial charge in [-0.2, -0.15) is 0 Å². The molecule has 3 aromatic rings. The Morgan fingerprint density at radius 2 is 1.68 bits per heavy atom. The van der Waals surface area contributed by atoms with Gasteiger partial charge in [0.2, 0.25) is 5.91 Å². The molecule has 146 valence electrons. The number of para-hydroxylation sites is 1. The van der Waals surface area contributed by atoms with Crippen LogP contribution in [0, 0.1) is 6.92 Å². The first-order valence-electron chi connectivity index (χ1n) is 10.3. The third kappa shape index (κ3) is 4.27. The van der Waals surface area contributed by atoms with Crippen molar-refractivity contribution in [1.29, 1.82) is 0 Å². The fourth-order valence-electron chi connectivity index (χ4n) is 3.95. The summed E-state index contributed by atoms with van der Waals surface area (Å²) in [5.41, 5.74) is 3.85. The zero-order chi connectivity index (χ0) is 19.3. The Labute approximate surface area is 171 Å². The summed E-state index contributed by atoms with van der Waals surface area (Å²) in [6, 6.07) is 17.0. The summed E-state index contributed by atoms with van der Waals surface area (Å²) in [7, 11) is 0. The van der Waals surface area contributed by atoms with Crippen molar-refractivity contribution in [3.05, 3.63) is 65.9 Å². The zero-order valence-corrected chi connectivity index (χ0v) is 17.4. The van der Waals surface area contributed by atoms with Crippen molar-refractivity contribution in [3.63, 3.8) is 0 Å². The fourth-order valence-corrected chi connectivity index (χ4v) is 5.12. The Morgan fingerprint density at radius 3 is 2.46 bits per heavy atom. The van der Waals surface area contributed by atoms with E-state index in [-0.39, 0.29) is 5.91 Å². The standard InChI is InChI=1S/C24H28N2OS/c1-19-10-4-5-11-20(19)18-28-23-16-26(22-13-7-6-12-21(22)23)17-24(27)25-14-8-2-3-9-15-25/h4-7,10-13,16H,2-3,8-9,14-15,17-18H2,1H3. The van der Waals surface area contributed by atoms with Gasteiger partial charge in [-0.05, 0) is 37.0 Å². The normalized spacial score (nSPS) is 15.0. The average molecular weight is 393 g/mol. The van der Waals surface area contributed by atoms with Gasteiger partial charge in [-0.25, -0.2) is 0 Å². The molecule has 0 aliphatic carbocycles. The number of hydrogen-bond acceptors (Lipinski definition) is 2. The largest absolute Gasteiger partial charge is 0.341 e. The van der Waals surface area contributed by atoms with Crippen LogP contribution in [-0.4, -0.2) is 28.5 Å². The molecule has 4 rings (SSSR count). The van der Waals surface area contributed by atoms with Gasteiger partial charge in [0.05, 0.1) is 0 Å². The van der Waals surface area contributed by atoms with E-state index < -0.39 is 0 Å². The number of hydrogen-bond donors (Lipinski definition) is 0. The lowest BCUT2D eigenvalue weighted by Gasteiger charge is -2.20. The second kappa shape index (κ2) is 8.87. The van der Waals surface area contributed by atoms with E-state index in [1.54, 1.807) is 0 Å². The third-order valence-electron chi connectivity index (χ3n) is 5.66. The van der Waals surface area contributed by atoms with Gasteiger partial charge in [0, 0.05) is 40.8 Å². The molecule has 0 unspecified atom stereocenters. The Hall–Kier alpha value is -2.20. The van der Waals surface area contributed by atoms with E-state index in [0.717, 1.165) is 37.2 Å². The summed E-state index contributed by atoms with van der Waals surface area (Å²) in [4.78, 5) is 16.2. The van der Waals surface area contributed by atoms with Crippen LogP contribution in [0.4, 0.5) is 0 Å². The molecule has 0 bridgehead atoms. The van der Waals surface area contributed by atoms with Crippen LogP contribution in [0.25, 0.3) is 10.9 Å². The molecule has 0 radical (unpaired) electrons. The van der Waals surface area contributed by atoms with Crippen LogP contribution in [0.2, 0.25) is 0 Å². The molecule has 1 amide bonds. The Bertz CT molecular complexity index is 954. The van der Waals surface area contributed by atoms with E-state index in [2.05, 4.69) is 71.1 Å². The summed E-state index contributed by atoms with van der Waals surface area (Å²) < 4.78 is 2.14. The lowest BCUT2D eigenvalue weighted by atomic mass is 10.1. The molecule has 0 N–H and O–H groups in total. The number of carbonyl (C=O) groups excluding carboxylic acids is 1. The topological polar surface area (TPSA) is 25.2 Å². The van der Waals surface area contributed by atoms with Crippen molar-refractivity contribution < 1.29 is 4.79 Å². The van der Waals surface area contributed by atoms with E-state index in [0.29, 0.717) is 6.54 Å². The van der Waals surface area contributed by atoms with Crippen LogP contribution >= 0.6 is 11.8 Å². The maximum atomic E-state index is 12.9. The highest BCUT2D eigenvalue weighted by Crippen LogP contribution is 2.32. The van der Waals surface area contributed by atoms with Crippen molar-refractivity contribution in [2.24, 2.45) is 0 Å². The number of aryl methyl sites for hydroxylation is 1. The molecule has 28 heavy (non-hydrogen) atoms. The smallest absolute Gasteiger partial charge is 0.242 e. The lowest BCUT2D eigenvalue weighted by Crippen LogP contribution is -2.34. The first-order chi connectivity index (χ1) is 13.7. The molecular weight excluding hydrogens is 364 g/mol. The quantitative estimate of drug-likeness (QED) is 0.525. The van der Waals surface area contributed by atoms with Crippen LogP contribution in [0.15, 0.2) is 59.6 Å². The summed E-state index contributed by atoms with van der Waals surface area (Å²) in [5.74, 6) is 1.19. The van der Waals surface area contributed by atoms with Crippen LogP contribution in [0.5, 0.6) is 0 Å². The zero-order valence-electron chi connectivity index (χ0n) is 16.6. The molecule has 3 nitrogen and oxygen atoms in total. The highest BCUT2D eigenvalue weighted by molar-refractivity contribution is 7.98. The highest BCUT2D eigenvalue weighted by Gasteiger charge is 2.18. The van der Waals surface area contributed by atoms with Gasteiger partial charge in [0.15, 0.2) is 0 Å². The van der Waals surface area contributed by atoms with Crippen molar-refractivity contribution in [2.75, 3.05) is 13.1 Å². The molecule has 1 aliphatic rings. The van der Waals surface area contributed by atoms with Gasteiger partial charge >= 0.3 is 0 Å².